The van der Waals surface area contributed by atoms with Crippen LogP contribution >= 0.6 is 0 Å². The smallest absolute Gasteiger partial charge is 0.320 e. The van der Waals surface area contributed by atoms with E-state index in [0.717, 1.165) is 0 Å². The van der Waals surface area contributed by atoms with Crippen LogP contribution in [0.4, 0.5) is 0 Å². The van der Waals surface area contributed by atoms with Crippen LogP contribution in [0.15, 0.2) is 0 Å². The molecule has 0 saturated carbocycles. The zero-order valence-electron chi connectivity index (χ0n) is 8.45. The van der Waals surface area contributed by atoms with Gasteiger partial charge in [0.2, 0.25) is 0 Å². The van der Waals surface area contributed by atoms with Crippen molar-refractivity contribution in [3.63, 3.8) is 0 Å². The van der Waals surface area contributed by atoms with E-state index in [1.165, 1.54) is 0 Å². The molecule has 0 aliphatic rings. The lowest BCUT2D eigenvalue weighted by molar-refractivity contribution is -0.139. The van der Waals surface area contributed by atoms with Gasteiger partial charge in [-0.05, 0) is 12.3 Å². The average Bonchev–Trinajstić information content (AvgIpc) is 2.04. The van der Waals surface area contributed by atoms with Crippen molar-refractivity contribution in [2.24, 2.45) is 5.92 Å². The fraction of sp³-hybridized carbons (Fsp3) is 0.889. The van der Waals surface area contributed by atoms with Crippen molar-refractivity contribution < 1.29 is 15.0 Å². The summed E-state index contributed by atoms with van der Waals surface area (Å²) in [5, 5.41) is 20.9. The molecule has 0 aliphatic heterocycles. The fourth-order valence-electron chi connectivity index (χ4n) is 0.905. The van der Waals surface area contributed by atoms with Crippen LogP contribution in [0.5, 0.6) is 0 Å². The number of aliphatic carboxylic acids is 1. The average molecular weight is 189 g/mol. The van der Waals surface area contributed by atoms with Gasteiger partial charge in [-0.15, -0.1) is 0 Å². The Balaban J connectivity index is 3.78. The van der Waals surface area contributed by atoms with Gasteiger partial charge >= 0.3 is 5.97 Å². The number of nitrogens with one attached hydrogen (secondary N) is 1. The first-order valence-electron chi connectivity index (χ1n) is 4.63. The minimum Gasteiger partial charge on any atom is -0.480 e. The van der Waals surface area contributed by atoms with Gasteiger partial charge in [0.1, 0.15) is 6.04 Å². The zero-order valence-corrected chi connectivity index (χ0v) is 8.45. The van der Waals surface area contributed by atoms with Crippen molar-refractivity contribution in [2.45, 2.75) is 39.3 Å². The number of carboxylic acids is 1. The summed E-state index contributed by atoms with van der Waals surface area (Å²) >= 11 is 0. The van der Waals surface area contributed by atoms with Crippen molar-refractivity contribution in [3.8, 4) is 0 Å². The van der Waals surface area contributed by atoms with Crippen LogP contribution in [-0.4, -0.2) is 34.9 Å². The van der Waals surface area contributed by atoms with Crippen molar-refractivity contribution in [1.29, 1.82) is 0 Å². The molecule has 0 rings (SSSR count). The number of carbonyl (C=O) groups is 1. The molecule has 13 heavy (non-hydrogen) atoms. The Morgan fingerprint density at radius 3 is 2.31 bits per heavy atom. The van der Waals surface area contributed by atoms with Gasteiger partial charge in [-0.1, -0.05) is 20.8 Å². The SMILES string of the molecule is CCC(NCC(O)C(C)C)C(=O)O. The molecule has 2 unspecified atom stereocenters. The molecular formula is C9H19NO3. The Morgan fingerprint density at radius 2 is 2.00 bits per heavy atom. The van der Waals surface area contributed by atoms with E-state index in [2.05, 4.69) is 5.32 Å². The molecule has 0 bridgehead atoms. The highest BCUT2D eigenvalue weighted by Crippen LogP contribution is 2.00. The Bertz CT molecular complexity index is 159. The third-order valence-electron chi connectivity index (χ3n) is 2.05. The number of carboxylic acid groups (broad SMARTS) is 1. The number of hydrogen-bond donors (Lipinski definition) is 3. The summed E-state index contributed by atoms with van der Waals surface area (Å²) in [4.78, 5) is 10.6. The van der Waals surface area contributed by atoms with Crippen molar-refractivity contribution in [2.75, 3.05) is 6.54 Å². The second kappa shape index (κ2) is 5.94. The van der Waals surface area contributed by atoms with Gasteiger partial charge < -0.3 is 15.5 Å². The maximum atomic E-state index is 10.6. The van der Waals surface area contributed by atoms with Crippen LogP contribution in [0.3, 0.4) is 0 Å². The molecule has 4 heteroatoms. The Hall–Kier alpha value is -0.610. The van der Waals surface area contributed by atoms with Crippen LogP contribution in [0.1, 0.15) is 27.2 Å². The molecule has 2 atom stereocenters. The topological polar surface area (TPSA) is 69.6 Å². The van der Waals surface area contributed by atoms with Crippen molar-refractivity contribution >= 4 is 5.97 Å². The van der Waals surface area contributed by atoms with Crippen LogP contribution in [0, 0.1) is 5.92 Å². The maximum Gasteiger partial charge on any atom is 0.320 e. The van der Waals surface area contributed by atoms with Crippen molar-refractivity contribution in [1.82, 2.24) is 5.32 Å². The largest absolute Gasteiger partial charge is 0.480 e. The van der Waals surface area contributed by atoms with Gasteiger partial charge in [-0.25, -0.2) is 0 Å². The number of aliphatic hydroxyl groups is 1. The highest BCUT2D eigenvalue weighted by molar-refractivity contribution is 5.73. The van der Waals surface area contributed by atoms with Crippen LogP contribution in [-0.2, 0) is 4.79 Å². The molecule has 0 aromatic heterocycles. The number of aliphatic hydroxyl groups excluding tert-OH is 1. The van der Waals surface area contributed by atoms with Crippen molar-refractivity contribution in [3.05, 3.63) is 0 Å². The van der Waals surface area contributed by atoms with Crippen LogP contribution in [0.2, 0.25) is 0 Å². The van der Waals surface area contributed by atoms with Gasteiger partial charge in [0.05, 0.1) is 6.10 Å². The first-order valence-corrected chi connectivity index (χ1v) is 4.63. The van der Waals surface area contributed by atoms with Crippen LogP contribution in [0.25, 0.3) is 0 Å². The molecule has 0 amide bonds. The standard InChI is InChI=1S/C9H19NO3/c1-4-7(9(12)13)10-5-8(11)6(2)3/h6-8,10-11H,4-5H2,1-3H3,(H,12,13). The minimum atomic E-state index is -0.863. The second-order valence-corrected chi connectivity index (χ2v) is 3.52. The van der Waals surface area contributed by atoms with Gasteiger partial charge in [0.15, 0.2) is 0 Å². The predicted octanol–water partition coefficient (Wildman–Crippen LogP) is 0.456. The molecule has 0 radical (unpaired) electrons. The lowest BCUT2D eigenvalue weighted by Gasteiger charge is -2.18. The summed E-state index contributed by atoms with van der Waals surface area (Å²) in [6.07, 6.45) is 0.0496. The Labute approximate surface area is 79.0 Å². The van der Waals surface area contributed by atoms with E-state index in [1.54, 1.807) is 6.92 Å². The van der Waals surface area contributed by atoms with E-state index in [1.807, 2.05) is 13.8 Å². The molecule has 0 fully saturated rings. The minimum absolute atomic E-state index is 0.152. The summed E-state index contributed by atoms with van der Waals surface area (Å²) in [6, 6.07) is -0.548. The molecule has 0 aromatic rings. The van der Waals surface area contributed by atoms with E-state index in [4.69, 9.17) is 5.11 Å². The lowest BCUT2D eigenvalue weighted by atomic mass is 10.1. The summed E-state index contributed by atoms with van der Waals surface area (Å²) in [7, 11) is 0. The third-order valence-corrected chi connectivity index (χ3v) is 2.05. The Morgan fingerprint density at radius 1 is 1.46 bits per heavy atom. The summed E-state index contributed by atoms with van der Waals surface area (Å²) < 4.78 is 0. The first-order chi connectivity index (χ1) is 5.99. The Kier molecular flexibility index (Phi) is 5.66. The fourth-order valence-corrected chi connectivity index (χ4v) is 0.905. The van der Waals surface area contributed by atoms with Gasteiger partial charge in [0, 0.05) is 6.54 Å². The molecule has 78 valence electrons. The number of rotatable bonds is 6. The highest BCUT2D eigenvalue weighted by Gasteiger charge is 2.16. The molecule has 4 nitrogen and oxygen atoms in total. The molecule has 0 aliphatic carbocycles. The molecular weight excluding hydrogens is 170 g/mol. The molecule has 0 saturated heterocycles. The second-order valence-electron chi connectivity index (χ2n) is 3.52. The van der Waals surface area contributed by atoms with Gasteiger partial charge in [-0.2, -0.15) is 0 Å². The highest BCUT2D eigenvalue weighted by atomic mass is 16.4. The van der Waals surface area contributed by atoms with Gasteiger partial charge in [-0.3, -0.25) is 4.79 Å². The monoisotopic (exact) mass is 189 g/mol. The van der Waals surface area contributed by atoms with E-state index in [-0.39, 0.29) is 5.92 Å². The lowest BCUT2D eigenvalue weighted by Crippen LogP contribution is -2.41. The van der Waals surface area contributed by atoms with E-state index >= 15 is 0 Å². The number of hydrogen-bond acceptors (Lipinski definition) is 3. The first kappa shape index (κ1) is 12.4. The zero-order chi connectivity index (χ0) is 10.4. The molecule has 0 heterocycles. The third kappa shape index (κ3) is 4.85. The molecule has 0 aromatic carbocycles. The normalized spacial score (nSPS) is 15.8. The van der Waals surface area contributed by atoms with E-state index in [0.29, 0.717) is 13.0 Å². The summed E-state index contributed by atoms with van der Waals surface area (Å²) in [5.41, 5.74) is 0. The summed E-state index contributed by atoms with van der Waals surface area (Å²) in [6.45, 7) is 5.93. The summed E-state index contributed by atoms with van der Waals surface area (Å²) in [5.74, 6) is -0.711. The maximum absolute atomic E-state index is 10.6. The van der Waals surface area contributed by atoms with E-state index < -0.39 is 18.1 Å². The predicted molar refractivity (Wildman–Crippen MR) is 50.6 cm³/mol. The molecule has 0 spiro atoms. The quantitative estimate of drug-likeness (QED) is 0.567. The van der Waals surface area contributed by atoms with Gasteiger partial charge in [0.25, 0.3) is 0 Å². The molecule has 3 N–H and O–H groups in total. The van der Waals surface area contributed by atoms with E-state index in [9.17, 15) is 9.90 Å². The van der Waals surface area contributed by atoms with Crippen LogP contribution < -0.4 is 5.32 Å².